The summed E-state index contributed by atoms with van der Waals surface area (Å²) in [5.41, 5.74) is 5.50. The average Bonchev–Trinajstić information content (AvgIpc) is 3.15. The summed E-state index contributed by atoms with van der Waals surface area (Å²) in [6.45, 7) is 4.20. The van der Waals surface area contributed by atoms with E-state index in [2.05, 4.69) is 24.0 Å². The third-order valence-electron chi connectivity index (χ3n) is 5.78. The predicted molar refractivity (Wildman–Crippen MR) is 114 cm³/mol. The van der Waals surface area contributed by atoms with E-state index >= 15 is 0 Å². The van der Waals surface area contributed by atoms with E-state index in [0.29, 0.717) is 24.2 Å². The van der Waals surface area contributed by atoms with Crippen molar-refractivity contribution < 1.29 is 9.90 Å². The van der Waals surface area contributed by atoms with Crippen LogP contribution in [0.25, 0.3) is 16.8 Å². The van der Waals surface area contributed by atoms with Gasteiger partial charge in [-0.3, -0.25) is 4.79 Å². The van der Waals surface area contributed by atoms with Crippen molar-refractivity contribution in [2.24, 2.45) is 0 Å². The number of phenols is 1. The summed E-state index contributed by atoms with van der Waals surface area (Å²) in [4.78, 5) is 12.9. The maximum Gasteiger partial charge on any atom is 0.185 e. The second kappa shape index (κ2) is 7.06. The highest BCUT2D eigenvalue weighted by atomic mass is 16.3. The number of benzene rings is 2. The number of ketones is 1. The van der Waals surface area contributed by atoms with Gasteiger partial charge in [-0.2, -0.15) is 5.10 Å². The second-order valence-electron chi connectivity index (χ2n) is 8.10. The molecule has 0 fully saturated rings. The van der Waals surface area contributed by atoms with Gasteiger partial charge in [0.05, 0.1) is 17.0 Å². The van der Waals surface area contributed by atoms with Gasteiger partial charge >= 0.3 is 0 Å². The lowest BCUT2D eigenvalue weighted by molar-refractivity contribution is 0.0955. The number of aromatic hydroxyl groups is 1. The topological polar surface area (TPSA) is 80.4 Å². The van der Waals surface area contributed by atoms with Gasteiger partial charge in [0, 0.05) is 12.3 Å². The number of hydrogen-bond donors (Lipinski definition) is 1. The Kier molecular flexibility index (Phi) is 4.35. The zero-order valence-electron chi connectivity index (χ0n) is 16.9. The first-order chi connectivity index (χ1) is 14.5. The first kappa shape index (κ1) is 18.5. The summed E-state index contributed by atoms with van der Waals surface area (Å²) >= 11 is 0. The lowest BCUT2D eigenvalue weighted by atomic mass is 9.83. The molecule has 0 saturated carbocycles. The highest BCUT2D eigenvalue weighted by Gasteiger charge is 2.33. The Labute approximate surface area is 174 Å². The second-order valence-corrected chi connectivity index (χ2v) is 8.10. The minimum Gasteiger partial charge on any atom is -0.508 e. The fraction of sp³-hybridized carbons (Fsp3) is 0.250. The smallest absolute Gasteiger partial charge is 0.185 e. The van der Waals surface area contributed by atoms with Crippen molar-refractivity contribution in [1.82, 2.24) is 19.8 Å². The van der Waals surface area contributed by atoms with E-state index < -0.39 is 0 Å². The summed E-state index contributed by atoms with van der Waals surface area (Å²) in [7, 11) is 0. The highest BCUT2D eigenvalue weighted by Crippen LogP contribution is 2.38. The summed E-state index contributed by atoms with van der Waals surface area (Å²) in [5, 5.41) is 23.9. The molecule has 1 aliphatic rings. The average molecular weight is 398 g/mol. The fourth-order valence-electron chi connectivity index (χ4n) is 4.33. The van der Waals surface area contributed by atoms with Gasteiger partial charge in [-0.15, -0.1) is 10.2 Å². The van der Waals surface area contributed by atoms with Crippen molar-refractivity contribution in [1.29, 1.82) is 0 Å². The van der Waals surface area contributed by atoms with Crippen molar-refractivity contribution in [2.75, 3.05) is 0 Å². The molecular weight excluding hydrogens is 376 g/mol. The molecule has 6 nitrogen and oxygen atoms in total. The first-order valence-electron chi connectivity index (χ1n) is 10.2. The lowest BCUT2D eigenvalue weighted by Crippen LogP contribution is -2.24. The molecular formula is C24H22N4O2. The molecule has 0 spiro atoms. The maximum atomic E-state index is 12.9. The molecule has 1 atom stereocenters. The zero-order valence-corrected chi connectivity index (χ0v) is 16.9. The number of hydrogen-bond acceptors (Lipinski definition) is 5. The molecule has 30 heavy (non-hydrogen) atoms. The summed E-state index contributed by atoms with van der Waals surface area (Å²) in [6.07, 6.45) is 0.868. The van der Waals surface area contributed by atoms with Gasteiger partial charge in [0.15, 0.2) is 17.1 Å². The maximum absolute atomic E-state index is 12.9. The fourth-order valence-corrected chi connectivity index (χ4v) is 4.33. The molecule has 1 aliphatic carbocycles. The van der Waals surface area contributed by atoms with Crippen LogP contribution in [0.15, 0.2) is 54.6 Å². The Bertz CT molecular complexity index is 1260. The van der Waals surface area contributed by atoms with Crippen LogP contribution in [-0.2, 0) is 6.42 Å². The first-order valence-corrected chi connectivity index (χ1v) is 10.2. The SMILES string of the molecule is CC(C)c1nn2c3c(nnc2c1-c1ccccc1)C(=O)C[C@@H](c1ccccc1O)C3. The molecule has 2 aromatic carbocycles. The third-order valence-corrected chi connectivity index (χ3v) is 5.78. The van der Waals surface area contributed by atoms with Crippen molar-refractivity contribution in [3.63, 3.8) is 0 Å². The number of rotatable bonds is 3. The van der Waals surface area contributed by atoms with Crippen LogP contribution in [0.2, 0.25) is 0 Å². The molecule has 0 radical (unpaired) electrons. The summed E-state index contributed by atoms with van der Waals surface area (Å²) < 4.78 is 1.80. The van der Waals surface area contributed by atoms with Crippen LogP contribution in [0, 0.1) is 0 Å². The normalized spacial score (nSPS) is 16.2. The number of fused-ring (bicyclic) bond motifs is 3. The van der Waals surface area contributed by atoms with Gasteiger partial charge < -0.3 is 5.11 Å². The Balaban J connectivity index is 1.72. The van der Waals surface area contributed by atoms with Gasteiger partial charge in [0.25, 0.3) is 0 Å². The molecule has 5 rings (SSSR count). The molecule has 0 bridgehead atoms. The largest absolute Gasteiger partial charge is 0.508 e. The van der Waals surface area contributed by atoms with Crippen LogP contribution < -0.4 is 0 Å². The van der Waals surface area contributed by atoms with Crippen molar-refractivity contribution in [3.8, 4) is 16.9 Å². The number of aromatic nitrogens is 4. The monoisotopic (exact) mass is 398 g/mol. The van der Waals surface area contributed by atoms with Crippen molar-refractivity contribution >= 4 is 11.4 Å². The minimum absolute atomic E-state index is 0.0678. The van der Waals surface area contributed by atoms with E-state index in [0.717, 1.165) is 28.1 Å². The standard InChI is InChI=1S/C24H22N4O2/c1-14(2)22-21(15-8-4-3-5-9-15)24-26-25-23-18(28(24)27-22)12-16(13-20(23)30)17-10-6-7-11-19(17)29/h3-11,14,16,29H,12-13H2,1-2H3/t16-/m0/s1. The van der Waals surface area contributed by atoms with E-state index in [4.69, 9.17) is 5.10 Å². The van der Waals surface area contributed by atoms with E-state index in [1.165, 1.54) is 0 Å². The Morgan fingerprint density at radius 2 is 1.73 bits per heavy atom. The number of carbonyl (C=O) groups is 1. The summed E-state index contributed by atoms with van der Waals surface area (Å²) in [6, 6.07) is 17.3. The third kappa shape index (κ3) is 2.87. The van der Waals surface area contributed by atoms with Crippen molar-refractivity contribution in [2.45, 2.75) is 38.5 Å². The van der Waals surface area contributed by atoms with Gasteiger partial charge in [-0.1, -0.05) is 62.4 Å². The van der Waals surface area contributed by atoms with E-state index in [9.17, 15) is 9.90 Å². The van der Waals surface area contributed by atoms with E-state index in [-0.39, 0.29) is 23.4 Å². The number of Topliss-reactive ketones (excluding diaryl/α,β-unsaturated/α-hetero) is 1. The zero-order chi connectivity index (χ0) is 20.8. The Morgan fingerprint density at radius 3 is 2.47 bits per heavy atom. The van der Waals surface area contributed by atoms with Gasteiger partial charge in [-0.25, -0.2) is 4.52 Å². The van der Waals surface area contributed by atoms with Crippen molar-refractivity contribution in [3.05, 3.63) is 77.2 Å². The molecule has 0 aliphatic heterocycles. The Hall–Kier alpha value is -3.54. The van der Waals surface area contributed by atoms with Crippen LogP contribution in [0.5, 0.6) is 5.75 Å². The van der Waals surface area contributed by atoms with E-state index in [1.807, 2.05) is 42.5 Å². The van der Waals surface area contributed by atoms with Gasteiger partial charge in [0.1, 0.15) is 5.75 Å². The van der Waals surface area contributed by atoms with Crippen LogP contribution in [-0.4, -0.2) is 30.7 Å². The highest BCUT2D eigenvalue weighted by molar-refractivity contribution is 5.97. The van der Waals surface area contributed by atoms with Crippen LogP contribution in [0.1, 0.15) is 59.5 Å². The molecule has 6 heteroatoms. The molecule has 0 unspecified atom stereocenters. The molecule has 2 aromatic heterocycles. The number of nitrogens with zero attached hydrogens (tertiary/aromatic N) is 4. The molecule has 0 saturated heterocycles. The van der Waals surface area contributed by atoms with Gasteiger partial charge in [0.2, 0.25) is 0 Å². The Morgan fingerprint density at radius 1 is 1.00 bits per heavy atom. The van der Waals surface area contributed by atoms with Crippen LogP contribution in [0.4, 0.5) is 0 Å². The lowest BCUT2D eigenvalue weighted by Gasteiger charge is -2.23. The molecule has 0 amide bonds. The predicted octanol–water partition coefficient (Wildman–Crippen LogP) is 4.53. The van der Waals surface area contributed by atoms with E-state index in [1.54, 1.807) is 16.6 Å². The number of phenolic OH excluding ortho intramolecular Hbond substituents is 1. The number of carbonyl (C=O) groups excluding carboxylic acids is 1. The summed E-state index contributed by atoms with van der Waals surface area (Å²) in [5.74, 6) is 0.211. The van der Waals surface area contributed by atoms with Crippen LogP contribution in [0.3, 0.4) is 0 Å². The molecule has 1 N–H and O–H groups in total. The quantitative estimate of drug-likeness (QED) is 0.548. The number of para-hydroxylation sites is 1. The van der Waals surface area contributed by atoms with Gasteiger partial charge in [-0.05, 0) is 29.5 Å². The minimum atomic E-state index is -0.120. The molecule has 4 aromatic rings. The van der Waals surface area contributed by atoms with Crippen LogP contribution >= 0.6 is 0 Å². The molecule has 150 valence electrons. The molecule has 2 heterocycles.